The van der Waals surface area contributed by atoms with Gasteiger partial charge in [-0.15, -0.1) is 0 Å². The van der Waals surface area contributed by atoms with Gasteiger partial charge in [-0.1, -0.05) is 32.1 Å². The molecule has 0 saturated heterocycles. The second-order valence-electron chi connectivity index (χ2n) is 7.70. The van der Waals surface area contributed by atoms with Gasteiger partial charge < -0.3 is 15.3 Å². The minimum atomic E-state index is 0.305. The van der Waals surface area contributed by atoms with Crippen molar-refractivity contribution in [3.63, 3.8) is 0 Å². The first kappa shape index (κ1) is 24.1. The fourth-order valence-corrected chi connectivity index (χ4v) is 3.53. The fourth-order valence-electron chi connectivity index (χ4n) is 3.53. The van der Waals surface area contributed by atoms with Crippen LogP contribution in [0.2, 0.25) is 0 Å². The van der Waals surface area contributed by atoms with Crippen molar-refractivity contribution in [2.24, 2.45) is 0 Å². The molecule has 27 heavy (non-hydrogen) atoms. The van der Waals surface area contributed by atoms with Crippen LogP contribution in [-0.2, 0) is 19.4 Å². The zero-order chi connectivity index (χ0) is 19.6. The number of aliphatic hydroxyl groups excluding tert-OH is 3. The van der Waals surface area contributed by atoms with E-state index in [1.54, 1.807) is 0 Å². The molecule has 4 heteroatoms. The maximum absolute atomic E-state index is 8.90. The van der Waals surface area contributed by atoms with Gasteiger partial charge in [0.1, 0.15) is 6.54 Å². The lowest BCUT2D eigenvalue weighted by molar-refractivity contribution is -0.698. The lowest BCUT2D eigenvalue weighted by Gasteiger charge is -2.07. The van der Waals surface area contributed by atoms with Crippen molar-refractivity contribution >= 4 is 0 Å². The van der Waals surface area contributed by atoms with E-state index in [0.29, 0.717) is 19.8 Å². The number of rotatable bonds is 18. The molecule has 0 amide bonds. The molecule has 0 radical (unpaired) electrons. The molecule has 1 heterocycles. The fraction of sp³-hybridized carbons (Fsp3) is 0.783. The average molecular weight is 381 g/mol. The van der Waals surface area contributed by atoms with Crippen molar-refractivity contribution < 1.29 is 19.9 Å². The molecule has 1 aromatic heterocycles. The Morgan fingerprint density at radius 2 is 0.926 bits per heavy atom. The van der Waals surface area contributed by atoms with Gasteiger partial charge in [-0.2, -0.15) is 0 Å². The summed E-state index contributed by atoms with van der Waals surface area (Å²) in [5.41, 5.74) is 2.87. The summed E-state index contributed by atoms with van der Waals surface area (Å²) < 4.78 is 2.37. The van der Waals surface area contributed by atoms with Crippen LogP contribution in [0.1, 0.15) is 88.2 Å². The van der Waals surface area contributed by atoms with Crippen LogP contribution in [0.3, 0.4) is 0 Å². The SMILES string of the molecule is OCCCCCCc1cc(CCCCCCO)c[n+](CCCCCCO)c1. The molecule has 0 aromatic carbocycles. The number of nitrogens with zero attached hydrogens (tertiary/aromatic N) is 1. The molecule has 0 atom stereocenters. The predicted molar refractivity (Wildman–Crippen MR) is 111 cm³/mol. The van der Waals surface area contributed by atoms with Crippen molar-refractivity contribution in [3.8, 4) is 0 Å². The van der Waals surface area contributed by atoms with Gasteiger partial charge >= 0.3 is 0 Å². The van der Waals surface area contributed by atoms with Gasteiger partial charge in [0, 0.05) is 37.4 Å². The van der Waals surface area contributed by atoms with Crippen molar-refractivity contribution in [2.45, 2.75) is 96.4 Å². The number of pyridine rings is 1. The Morgan fingerprint density at radius 3 is 1.37 bits per heavy atom. The summed E-state index contributed by atoms with van der Waals surface area (Å²) in [7, 11) is 0. The minimum absolute atomic E-state index is 0.305. The third kappa shape index (κ3) is 12.9. The monoisotopic (exact) mass is 380 g/mol. The van der Waals surface area contributed by atoms with E-state index in [0.717, 1.165) is 57.9 Å². The van der Waals surface area contributed by atoms with E-state index in [1.165, 1.54) is 49.7 Å². The second-order valence-corrected chi connectivity index (χ2v) is 7.70. The van der Waals surface area contributed by atoms with Crippen molar-refractivity contribution in [3.05, 3.63) is 29.6 Å². The summed E-state index contributed by atoms with van der Waals surface area (Å²) in [5.74, 6) is 0. The molecule has 1 aromatic rings. The van der Waals surface area contributed by atoms with Gasteiger partial charge in [0.2, 0.25) is 0 Å². The Balaban J connectivity index is 2.52. The van der Waals surface area contributed by atoms with Gasteiger partial charge in [-0.05, 0) is 57.4 Å². The standard InChI is InChI=1S/C23H42NO3/c25-16-10-4-1-7-13-22-19-23(14-8-2-5-11-17-26)21-24(20-22)15-9-3-6-12-18-27/h19-21,25-27H,1-18H2/q+1. The number of hydrogen-bond donors (Lipinski definition) is 3. The summed E-state index contributed by atoms with van der Waals surface area (Å²) in [5, 5.41) is 26.7. The zero-order valence-electron chi connectivity index (χ0n) is 17.2. The Kier molecular flexibility index (Phi) is 15.3. The van der Waals surface area contributed by atoms with Crippen LogP contribution in [0.4, 0.5) is 0 Å². The molecule has 4 nitrogen and oxygen atoms in total. The van der Waals surface area contributed by atoms with Crippen LogP contribution in [0.25, 0.3) is 0 Å². The minimum Gasteiger partial charge on any atom is -0.396 e. The van der Waals surface area contributed by atoms with Crippen LogP contribution in [0, 0.1) is 0 Å². The van der Waals surface area contributed by atoms with E-state index in [-0.39, 0.29) is 0 Å². The molecule has 156 valence electrons. The first-order chi connectivity index (χ1) is 13.3. The van der Waals surface area contributed by atoms with Crippen molar-refractivity contribution in [1.29, 1.82) is 0 Å². The molecular formula is C23H42NO3+. The van der Waals surface area contributed by atoms with Crippen LogP contribution in [0.5, 0.6) is 0 Å². The molecule has 0 fully saturated rings. The Labute approximate surface area is 166 Å². The van der Waals surface area contributed by atoms with Crippen LogP contribution >= 0.6 is 0 Å². The molecule has 0 aliphatic carbocycles. The third-order valence-electron chi connectivity index (χ3n) is 5.11. The van der Waals surface area contributed by atoms with Gasteiger partial charge in [0.05, 0.1) is 0 Å². The van der Waals surface area contributed by atoms with Crippen molar-refractivity contribution in [1.82, 2.24) is 0 Å². The van der Waals surface area contributed by atoms with Crippen LogP contribution in [-0.4, -0.2) is 35.1 Å². The normalized spacial score (nSPS) is 11.2. The first-order valence-electron chi connectivity index (χ1n) is 11.1. The van der Waals surface area contributed by atoms with E-state index >= 15 is 0 Å². The highest BCUT2D eigenvalue weighted by atomic mass is 16.3. The van der Waals surface area contributed by atoms with Gasteiger partial charge in [0.15, 0.2) is 12.4 Å². The topological polar surface area (TPSA) is 64.6 Å². The predicted octanol–water partition coefficient (Wildman–Crippen LogP) is 3.72. The lowest BCUT2D eigenvalue weighted by atomic mass is 10.0. The molecular weight excluding hydrogens is 338 g/mol. The maximum atomic E-state index is 8.90. The average Bonchev–Trinajstić information content (AvgIpc) is 2.67. The molecule has 1 rings (SSSR count). The smallest absolute Gasteiger partial charge is 0.171 e. The Morgan fingerprint density at radius 1 is 0.519 bits per heavy atom. The van der Waals surface area contributed by atoms with E-state index in [1.807, 2.05) is 0 Å². The number of hydrogen-bond acceptors (Lipinski definition) is 3. The molecule has 0 aliphatic rings. The summed E-state index contributed by atoms with van der Waals surface area (Å²) in [6.45, 7) is 1.98. The zero-order valence-corrected chi connectivity index (χ0v) is 17.2. The van der Waals surface area contributed by atoms with Gasteiger partial charge in [-0.3, -0.25) is 0 Å². The summed E-state index contributed by atoms with van der Waals surface area (Å²) >= 11 is 0. The van der Waals surface area contributed by atoms with E-state index in [4.69, 9.17) is 15.3 Å². The highest BCUT2D eigenvalue weighted by Gasteiger charge is 2.08. The van der Waals surface area contributed by atoms with Gasteiger partial charge in [0.25, 0.3) is 0 Å². The molecule has 0 spiro atoms. The van der Waals surface area contributed by atoms with E-state index < -0.39 is 0 Å². The van der Waals surface area contributed by atoms with E-state index in [9.17, 15) is 0 Å². The summed E-state index contributed by atoms with van der Waals surface area (Å²) in [4.78, 5) is 0. The largest absolute Gasteiger partial charge is 0.396 e. The Bertz CT molecular complexity index is 386. The lowest BCUT2D eigenvalue weighted by Crippen LogP contribution is -2.34. The molecule has 0 aliphatic heterocycles. The van der Waals surface area contributed by atoms with Crippen LogP contribution < -0.4 is 4.57 Å². The summed E-state index contributed by atoms with van der Waals surface area (Å²) in [6.07, 6.45) is 20.1. The molecule has 0 unspecified atom stereocenters. The van der Waals surface area contributed by atoms with Crippen molar-refractivity contribution in [2.75, 3.05) is 19.8 Å². The number of aryl methyl sites for hydroxylation is 3. The first-order valence-corrected chi connectivity index (χ1v) is 11.1. The molecule has 0 saturated carbocycles. The number of aromatic nitrogens is 1. The molecule has 0 bridgehead atoms. The quantitative estimate of drug-likeness (QED) is 0.269. The number of unbranched alkanes of at least 4 members (excludes halogenated alkanes) is 9. The second kappa shape index (κ2) is 17.2. The van der Waals surface area contributed by atoms with E-state index in [2.05, 4.69) is 23.0 Å². The highest BCUT2D eigenvalue weighted by Crippen LogP contribution is 2.12. The number of aliphatic hydroxyl groups is 3. The summed E-state index contributed by atoms with van der Waals surface area (Å²) in [6, 6.07) is 2.38. The highest BCUT2D eigenvalue weighted by molar-refractivity contribution is 5.15. The Hall–Kier alpha value is -0.970. The van der Waals surface area contributed by atoms with Crippen LogP contribution in [0.15, 0.2) is 18.5 Å². The third-order valence-corrected chi connectivity index (χ3v) is 5.11. The molecule has 3 N–H and O–H groups in total. The van der Waals surface area contributed by atoms with Gasteiger partial charge in [-0.25, -0.2) is 4.57 Å². The maximum Gasteiger partial charge on any atom is 0.171 e.